The third kappa shape index (κ3) is 5.43. The number of benzene rings is 1. The van der Waals surface area contributed by atoms with Crippen LogP contribution in [0.25, 0.3) is 11.4 Å². The third-order valence-corrected chi connectivity index (χ3v) is 4.05. The van der Waals surface area contributed by atoms with Crippen molar-refractivity contribution < 1.29 is 13.9 Å². The van der Waals surface area contributed by atoms with Crippen molar-refractivity contribution in [1.82, 2.24) is 20.1 Å². The van der Waals surface area contributed by atoms with Gasteiger partial charge in [-0.25, -0.2) is 14.5 Å². The summed E-state index contributed by atoms with van der Waals surface area (Å²) in [5.41, 5.74) is 1.35. The number of aromatic nitrogens is 3. The molecular weight excluding hydrogens is 412 g/mol. The average molecular weight is 433 g/mol. The smallest absolute Gasteiger partial charge is 0.408 e. The molecule has 0 atom stereocenters. The molecule has 0 radical (unpaired) electrons. The molecule has 27 heavy (non-hydrogen) atoms. The Hall–Kier alpha value is -2.61. The minimum atomic E-state index is -0.555. The van der Waals surface area contributed by atoms with Gasteiger partial charge in [-0.2, -0.15) is 5.10 Å². The Balaban J connectivity index is 1.81. The van der Waals surface area contributed by atoms with Gasteiger partial charge in [-0.1, -0.05) is 28.1 Å². The highest BCUT2D eigenvalue weighted by Gasteiger charge is 2.18. The van der Waals surface area contributed by atoms with E-state index in [0.717, 1.165) is 15.6 Å². The molecule has 2 heterocycles. The lowest BCUT2D eigenvalue weighted by molar-refractivity contribution is 0.0522. The van der Waals surface area contributed by atoms with Crippen LogP contribution in [-0.2, 0) is 17.8 Å². The van der Waals surface area contributed by atoms with Crippen LogP contribution < -0.4 is 5.32 Å². The normalized spacial score (nSPS) is 11.4. The summed E-state index contributed by atoms with van der Waals surface area (Å²) >= 11 is 3.44. The van der Waals surface area contributed by atoms with Gasteiger partial charge < -0.3 is 14.5 Å². The molecule has 7 nitrogen and oxygen atoms in total. The molecule has 1 N–H and O–H groups in total. The van der Waals surface area contributed by atoms with Crippen molar-refractivity contribution >= 4 is 22.0 Å². The Morgan fingerprint density at radius 2 is 2.00 bits per heavy atom. The Morgan fingerprint density at radius 3 is 2.63 bits per heavy atom. The zero-order chi connectivity index (χ0) is 19.4. The maximum absolute atomic E-state index is 11.9. The van der Waals surface area contributed by atoms with Crippen molar-refractivity contribution in [2.45, 2.75) is 39.5 Å². The lowest BCUT2D eigenvalue weighted by Crippen LogP contribution is -2.32. The number of nitrogens with zero attached hydrogens (tertiary/aromatic N) is 3. The summed E-state index contributed by atoms with van der Waals surface area (Å²) < 4.78 is 13.2. The van der Waals surface area contributed by atoms with Gasteiger partial charge in [0.15, 0.2) is 11.6 Å². The standard InChI is InChI=1S/C19H21BrN4O3/c1-19(2,3)27-18(25)21-10-16-22-17(14-4-6-15(20)7-5-14)24(23-16)11-13-8-9-26-12-13/h4-9,12H,10-11H2,1-3H3,(H,21,25). The van der Waals surface area contributed by atoms with Crippen molar-refractivity contribution in [3.63, 3.8) is 0 Å². The lowest BCUT2D eigenvalue weighted by Gasteiger charge is -2.19. The number of nitrogens with one attached hydrogen (secondary N) is 1. The summed E-state index contributed by atoms with van der Waals surface area (Å²) in [7, 11) is 0. The molecule has 0 unspecified atom stereocenters. The fourth-order valence-electron chi connectivity index (χ4n) is 2.41. The third-order valence-electron chi connectivity index (χ3n) is 3.52. The van der Waals surface area contributed by atoms with Crippen LogP contribution in [0.5, 0.6) is 0 Å². The van der Waals surface area contributed by atoms with E-state index in [2.05, 4.69) is 31.3 Å². The largest absolute Gasteiger partial charge is 0.472 e. The van der Waals surface area contributed by atoms with Crippen LogP contribution in [0.4, 0.5) is 4.79 Å². The lowest BCUT2D eigenvalue weighted by atomic mass is 10.2. The van der Waals surface area contributed by atoms with Crippen molar-refractivity contribution in [3.8, 4) is 11.4 Å². The van der Waals surface area contributed by atoms with E-state index >= 15 is 0 Å². The number of carbonyl (C=O) groups excluding carboxylic acids is 1. The summed E-state index contributed by atoms with van der Waals surface area (Å²) in [5.74, 6) is 1.21. The zero-order valence-electron chi connectivity index (χ0n) is 15.4. The van der Waals surface area contributed by atoms with Crippen molar-refractivity contribution in [2.75, 3.05) is 0 Å². The van der Waals surface area contributed by atoms with Crippen LogP contribution in [0, 0.1) is 0 Å². The van der Waals surface area contributed by atoms with E-state index in [1.54, 1.807) is 17.2 Å². The van der Waals surface area contributed by atoms with Crippen LogP contribution in [0.2, 0.25) is 0 Å². The predicted octanol–water partition coefficient (Wildman–Crippen LogP) is 4.37. The SMILES string of the molecule is CC(C)(C)OC(=O)NCc1nc(-c2ccc(Br)cc2)n(Cc2ccoc2)n1. The van der Waals surface area contributed by atoms with Gasteiger partial charge in [-0.05, 0) is 39.0 Å². The minimum Gasteiger partial charge on any atom is -0.472 e. The number of alkyl carbamates (subject to hydrolysis) is 1. The van der Waals surface area contributed by atoms with Gasteiger partial charge in [0.25, 0.3) is 0 Å². The maximum Gasteiger partial charge on any atom is 0.408 e. The van der Waals surface area contributed by atoms with Gasteiger partial charge in [0, 0.05) is 15.6 Å². The molecule has 0 saturated heterocycles. The molecule has 0 saturated carbocycles. The van der Waals surface area contributed by atoms with E-state index in [1.807, 2.05) is 51.1 Å². The second-order valence-electron chi connectivity index (χ2n) is 7.00. The molecule has 0 aliphatic carbocycles. The van der Waals surface area contributed by atoms with E-state index in [-0.39, 0.29) is 6.54 Å². The number of amides is 1. The van der Waals surface area contributed by atoms with Gasteiger partial charge in [-0.3, -0.25) is 0 Å². The molecule has 142 valence electrons. The van der Waals surface area contributed by atoms with Crippen LogP contribution in [0.15, 0.2) is 51.7 Å². The molecule has 0 spiro atoms. The van der Waals surface area contributed by atoms with E-state index in [1.165, 1.54) is 0 Å². The summed E-state index contributed by atoms with van der Waals surface area (Å²) in [6.07, 6.45) is 2.79. The molecule has 0 fully saturated rings. The average Bonchev–Trinajstić information content (AvgIpc) is 3.23. The first kappa shape index (κ1) is 19.2. The highest BCUT2D eigenvalue weighted by molar-refractivity contribution is 9.10. The molecule has 0 aliphatic rings. The number of hydrogen-bond acceptors (Lipinski definition) is 5. The van der Waals surface area contributed by atoms with E-state index < -0.39 is 11.7 Å². The summed E-state index contributed by atoms with van der Waals surface area (Å²) in [5, 5.41) is 7.22. The Bertz CT molecular complexity index is 896. The first-order valence-corrected chi connectivity index (χ1v) is 9.27. The van der Waals surface area contributed by atoms with Crippen LogP contribution in [0.1, 0.15) is 32.2 Å². The fraction of sp³-hybridized carbons (Fsp3) is 0.316. The van der Waals surface area contributed by atoms with E-state index in [9.17, 15) is 4.79 Å². The molecule has 3 rings (SSSR count). The van der Waals surface area contributed by atoms with Crippen molar-refractivity contribution in [1.29, 1.82) is 0 Å². The Labute approximate surface area is 165 Å². The fourth-order valence-corrected chi connectivity index (χ4v) is 2.67. The van der Waals surface area contributed by atoms with Crippen molar-refractivity contribution in [3.05, 3.63) is 58.7 Å². The molecule has 2 aromatic heterocycles. The highest BCUT2D eigenvalue weighted by Crippen LogP contribution is 2.21. The molecule has 3 aromatic rings. The summed E-state index contributed by atoms with van der Waals surface area (Å²) in [6, 6.07) is 9.71. The second-order valence-corrected chi connectivity index (χ2v) is 7.92. The number of halogens is 1. The first-order chi connectivity index (χ1) is 12.8. The number of carbonyl (C=O) groups is 1. The Kier molecular flexibility index (Phi) is 5.65. The zero-order valence-corrected chi connectivity index (χ0v) is 17.0. The van der Waals surface area contributed by atoms with Gasteiger partial charge in [-0.15, -0.1) is 0 Å². The molecule has 1 amide bonds. The van der Waals surface area contributed by atoms with Crippen LogP contribution in [0.3, 0.4) is 0 Å². The number of furan rings is 1. The minimum absolute atomic E-state index is 0.177. The van der Waals surface area contributed by atoms with Gasteiger partial charge in [0.1, 0.15) is 5.60 Å². The molecule has 8 heteroatoms. The van der Waals surface area contributed by atoms with Gasteiger partial charge >= 0.3 is 6.09 Å². The highest BCUT2D eigenvalue weighted by atomic mass is 79.9. The molecule has 0 aliphatic heterocycles. The van der Waals surface area contributed by atoms with E-state index in [4.69, 9.17) is 9.15 Å². The van der Waals surface area contributed by atoms with E-state index in [0.29, 0.717) is 18.2 Å². The summed E-state index contributed by atoms with van der Waals surface area (Å²) in [4.78, 5) is 16.5. The predicted molar refractivity (Wildman–Crippen MR) is 104 cm³/mol. The summed E-state index contributed by atoms with van der Waals surface area (Å²) in [6.45, 7) is 6.14. The molecular formula is C19H21BrN4O3. The monoisotopic (exact) mass is 432 g/mol. The molecule has 1 aromatic carbocycles. The topological polar surface area (TPSA) is 82.2 Å². The van der Waals surface area contributed by atoms with Gasteiger partial charge in [0.05, 0.1) is 25.6 Å². The number of ether oxygens (including phenoxy) is 1. The van der Waals surface area contributed by atoms with Crippen LogP contribution >= 0.6 is 15.9 Å². The van der Waals surface area contributed by atoms with Gasteiger partial charge in [0.2, 0.25) is 0 Å². The quantitative estimate of drug-likeness (QED) is 0.646. The molecule has 0 bridgehead atoms. The second kappa shape index (κ2) is 7.96. The van der Waals surface area contributed by atoms with Crippen LogP contribution in [-0.4, -0.2) is 26.5 Å². The van der Waals surface area contributed by atoms with Crippen molar-refractivity contribution in [2.24, 2.45) is 0 Å². The maximum atomic E-state index is 11.9. The number of hydrogen-bond donors (Lipinski definition) is 1. The number of rotatable bonds is 5. The Morgan fingerprint density at radius 1 is 1.26 bits per heavy atom. The first-order valence-electron chi connectivity index (χ1n) is 8.48.